The third kappa shape index (κ3) is 4.02. The number of sulfonamides is 1. The molecule has 0 saturated carbocycles. The van der Waals surface area contributed by atoms with Gasteiger partial charge in [-0.15, -0.1) is 11.3 Å². The second-order valence-corrected chi connectivity index (χ2v) is 8.44. The maximum Gasteiger partial charge on any atom is 0.250 e. The van der Waals surface area contributed by atoms with Gasteiger partial charge in [-0.25, -0.2) is 13.1 Å². The molecular formula is C13H22N2O3S2. The van der Waals surface area contributed by atoms with Crippen LogP contribution in [0.25, 0.3) is 0 Å². The molecule has 2 rings (SSSR count). The van der Waals surface area contributed by atoms with Gasteiger partial charge in [-0.05, 0) is 38.4 Å². The van der Waals surface area contributed by atoms with E-state index in [1.165, 1.54) is 11.3 Å². The summed E-state index contributed by atoms with van der Waals surface area (Å²) in [5.41, 5.74) is -0.483. The van der Waals surface area contributed by atoms with Gasteiger partial charge in [0.05, 0.1) is 12.1 Å². The highest BCUT2D eigenvalue weighted by molar-refractivity contribution is 7.91. The van der Waals surface area contributed by atoms with Gasteiger partial charge < -0.3 is 10.1 Å². The van der Waals surface area contributed by atoms with E-state index in [9.17, 15) is 8.42 Å². The highest BCUT2D eigenvalue weighted by Crippen LogP contribution is 2.25. The van der Waals surface area contributed by atoms with Gasteiger partial charge in [0.25, 0.3) is 10.0 Å². The summed E-state index contributed by atoms with van der Waals surface area (Å²) in [6.07, 6.45) is 1.78. The normalized spacial score (nSPS) is 23.3. The summed E-state index contributed by atoms with van der Waals surface area (Å²) in [5.74, 6) is 0. The number of hydrogen-bond acceptors (Lipinski definition) is 5. The maximum absolute atomic E-state index is 12.4. The van der Waals surface area contributed by atoms with E-state index < -0.39 is 15.6 Å². The van der Waals surface area contributed by atoms with Crippen LogP contribution in [0.15, 0.2) is 16.3 Å². The standard InChI is InChI=1S/C13H22N2O3S2/c1-3-7-14-9-11-4-5-12(19-11)20(16,17)15-13(2)6-8-18-10-13/h4-5,14-15H,3,6-10H2,1-2H3. The third-order valence-corrected chi connectivity index (χ3v) is 6.44. The first kappa shape index (κ1) is 15.9. The first-order valence-electron chi connectivity index (χ1n) is 6.86. The molecule has 1 aromatic heterocycles. The Bertz CT molecular complexity index is 534. The Labute approximate surface area is 124 Å². The zero-order valence-corrected chi connectivity index (χ0v) is 13.6. The molecule has 0 spiro atoms. The second kappa shape index (κ2) is 6.53. The van der Waals surface area contributed by atoms with Crippen LogP contribution in [0, 0.1) is 0 Å². The van der Waals surface area contributed by atoms with Gasteiger partial charge >= 0.3 is 0 Å². The van der Waals surface area contributed by atoms with Crippen molar-refractivity contribution in [3.8, 4) is 0 Å². The molecule has 1 aliphatic heterocycles. The van der Waals surface area contributed by atoms with Crippen molar-refractivity contribution < 1.29 is 13.2 Å². The van der Waals surface area contributed by atoms with Gasteiger partial charge in [0, 0.05) is 18.0 Å². The molecule has 7 heteroatoms. The second-order valence-electron chi connectivity index (χ2n) is 5.37. The SMILES string of the molecule is CCCNCc1ccc(S(=O)(=O)NC2(C)CCOC2)s1. The lowest BCUT2D eigenvalue weighted by molar-refractivity contribution is 0.178. The Hall–Kier alpha value is -0.470. The van der Waals surface area contributed by atoms with E-state index >= 15 is 0 Å². The predicted molar refractivity (Wildman–Crippen MR) is 80.5 cm³/mol. The summed E-state index contributed by atoms with van der Waals surface area (Å²) in [5, 5.41) is 3.27. The summed E-state index contributed by atoms with van der Waals surface area (Å²) < 4.78 is 33.1. The number of rotatable bonds is 7. The number of ether oxygens (including phenoxy) is 1. The van der Waals surface area contributed by atoms with Crippen molar-refractivity contribution in [1.82, 2.24) is 10.0 Å². The fourth-order valence-electron chi connectivity index (χ4n) is 2.11. The first-order valence-corrected chi connectivity index (χ1v) is 9.16. The van der Waals surface area contributed by atoms with Gasteiger partial charge in [0.15, 0.2) is 0 Å². The third-order valence-electron chi connectivity index (χ3n) is 3.23. The molecule has 5 nitrogen and oxygen atoms in total. The topological polar surface area (TPSA) is 67.4 Å². The highest BCUT2D eigenvalue weighted by atomic mass is 32.2. The fourth-order valence-corrected chi connectivity index (χ4v) is 4.86. The van der Waals surface area contributed by atoms with E-state index in [0.717, 1.165) is 17.8 Å². The van der Waals surface area contributed by atoms with E-state index in [1.807, 2.05) is 13.0 Å². The van der Waals surface area contributed by atoms with E-state index in [2.05, 4.69) is 17.0 Å². The van der Waals surface area contributed by atoms with Crippen LogP contribution in [0.2, 0.25) is 0 Å². The Morgan fingerprint density at radius 1 is 1.45 bits per heavy atom. The zero-order valence-electron chi connectivity index (χ0n) is 11.9. The zero-order chi connectivity index (χ0) is 14.6. The van der Waals surface area contributed by atoms with Crippen molar-refractivity contribution in [2.45, 2.75) is 43.0 Å². The molecule has 1 aromatic rings. The minimum absolute atomic E-state index is 0.374. The van der Waals surface area contributed by atoms with Gasteiger partial charge in [-0.3, -0.25) is 0 Å². The Balaban J connectivity index is 2.02. The lowest BCUT2D eigenvalue weighted by atomic mass is 10.0. The maximum atomic E-state index is 12.4. The molecule has 0 bridgehead atoms. The Morgan fingerprint density at radius 3 is 2.90 bits per heavy atom. The molecule has 0 radical (unpaired) electrons. The van der Waals surface area contributed by atoms with Crippen LogP contribution in [-0.2, 0) is 21.3 Å². The van der Waals surface area contributed by atoms with Crippen molar-refractivity contribution in [2.24, 2.45) is 0 Å². The van der Waals surface area contributed by atoms with Crippen LogP contribution >= 0.6 is 11.3 Å². The number of nitrogens with one attached hydrogen (secondary N) is 2. The molecule has 2 N–H and O–H groups in total. The van der Waals surface area contributed by atoms with E-state index in [1.54, 1.807) is 6.07 Å². The van der Waals surface area contributed by atoms with Crippen LogP contribution in [0.1, 0.15) is 31.6 Å². The van der Waals surface area contributed by atoms with E-state index in [0.29, 0.717) is 30.4 Å². The number of thiophene rings is 1. The van der Waals surface area contributed by atoms with Crippen molar-refractivity contribution in [2.75, 3.05) is 19.8 Å². The minimum atomic E-state index is -3.45. The van der Waals surface area contributed by atoms with Gasteiger partial charge in [0.2, 0.25) is 0 Å². The van der Waals surface area contributed by atoms with Crippen LogP contribution in [0.5, 0.6) is 0 Å². The van der Waals surface area contributed by atoms with Gasteiger partial charge in [-0.1, -0.05) is 6.92 Å². The average Bonchev–Trinajstić information content (AvgIpc) is 2.98. The van der Waals surface area contributed by atoms with Crippen LogP contribution in [0.3, 0.4) is 0 Å². The average molecular weight is 318 g/mol. The summed E-state index contributed by atoms with van der Waals surface area (Å²) in [6, 6.07) is 3.55. The van der Waals surface area contributed by atoms with Crippen LogP contribution in [-0.4, -0.2) is 33.7 Å². The molecule has 20 heavy (non-hydrogen) atoms. The Morgan fingerprint density at radius 2 is 2.25 bits per heavy atom. The molecule has 0 aliphatic carbocycles. The lowest BCUT2D eigenvalue weighted by Gasteiger charge is -2.22. The van der Waals surface area contributed by atoms with Crippen molar-refractivity contribution in [3.63, 3.8) is 0 Å². The predicted octanol–water partition coefficient (Wildman–Crippen LogP) is 1.70. The molecule has 114 valence electrons. The lowest BCUT2D eigenvalue weighted by Crippen LogP contribution is -2.46. The minimum Gasteiger partial charge on any atom is -0.379 e. The molecule has 1 atom stereocenters. The molecule has 1 saturated heterocycles. The van der Waals surface area contributed by atoms with Crippen molar-refractivity contribution in [3.05, 3.63) is 17.0 Å². The quantitative estimate of drug-likeness (QED) is 0.751. The molecule has 2 heterocycles. The summed E-state index contributed by atoms with van der Waals surface area (Å²) >= 11 is 1.32. The monoisotopic (exact) mass is 318 g/mol. The molecule has 1 aliphatic rings. The summed E-state index contributed by atoms with van der Waals surface area (Å²) in [7, 11) is -3.45. The largest absolute Gasteiger partial charge is 0.379 e. The molecular weight excluding hydrogens is 296 g/mol. The van der Waals surface area contributed by atoms with E-state index in [4.69, 9.17) is 4.74 Å². The highest BCUT2D eigenvalue weighted by Gasteiger charge is 2.35. The Kier molecular flexibility index (Phi) is 5.19. The van der Waals surface area contributed by atoms with Crippen molar-refractivity contribution >= 4 is 21.4 Å². The molecule has 1 unspecified atom stereocenters. The summed E-state index contributed by atoms with van der Waals surface area (Å²) in [6.45, 7) is 6.68. The van der Waals surface area contributed by atoms with E-state index in [-0.39, 0.29) is 0 Å². The molecule has 0 aromatic carbocycles. The smallest absolute Gasteiger partial charge is 0.250 e. The molecule has 1 fully saturated rings. The molecule has 0 amide bonds. The van der Waals surface area contributed by atoms with Crippen LogP contribution in [0.4, 0.5) is 0 Å². The number of hydrogen-bond donors (Lipinski definition) is 2. The summed E-state index contributed by atoms with van der Waals surface area (Å²) in [4.78, 5) is 1.03. The van der Waals surface area contributed by atoms with Crippen LogP contribution < -0.4 is 10.0 Å². The first-order chi connectivity index (χ1) is 9.45. The van der Waals surface area contributed by atoms with Gasteiger partial charge in [0.1, 0.15) is 4.21 Å². The fraction of sp³-hybridized carbons (Fsp3) is 0.692. The van der Waals surface area contributed by atoms with Gasteiger partial charge in [-0.2, -0.15) is 0 Å². The van der Waals surface area contributed by atoms with Crippen molar-refractivity contribution in [1.29, 1.82) is 0 Å².